The summed E-state index contributed by atoms with van der Waals surface area (Å²) in [6.45, 7) is 0. The molecule has 0 heterocycles. The van der Waals surface area contributed by atoms with Crippen molar-refractivity contribution >= 4 is 11.4 Å². The summed E-state index contributed by atoms with van der Waals surface area (Å²) in [6, 6.07) is 38.4. The van der Waals surface area contributed by atoms with E-state index < -0.39 is 0 Å². The first-order chi connectivity index (χ1) is 12.8. The Hall–Kier alpha value is -3.32. The van der Waals surface area contributed by atoms with Crippen molar-refractivity contribution in [3.05, 3.63) is 109 Å². The third-order valence-electron chi connectivity index (χ3n) is 4.70. The van der Waals surface area contributed by atoms with Gasteiger partial charge in [-0.2, -0.15) is 0 Å². The molecule has 0 aliphatic rings. The number of benzene rings is 4. The molecule has 0 aliphatic heterocycles. The summed E-state index contributed by atoms with van der Waals surface area (Å²) in [6.07, 6.45) is 0. The first-order valence-corrected chi connectivity index (χ1v) is 8.86. The average Bonchev–Trinajstić information content (AvgIpc) is 2.75. The second-order valence-corrected chi connectivity index (χ2v) is 6.39. The Bertz CT molecular complexity index is 973. The molecule has 1 heteroatoms. The van der Waals surface area contributed by atoms with E-state index in [4.69, 9.17) is 0 Å². The maximum atomic E-state index is 2.26. The Kier molecular flexibility index (Phi) is 4.53. The van der Waals surface area contributed by atoms with Gasteiger partial charge in [0.25, 0.3) is 0 Å². The lowest BCUT2D eigenvalue weighted by atomic mass is 9.99. The van der Waals surface area contributed by atoms with Gasteiger partial charge in [0.2, 0.25) is 0 Å². The highest BCUT2D eigenvalue weighted by Crippen LogP contribution is 2.29. The molecule has 0 saturated heterocycles. The Balaban J connectivity index is 1.61. The van der Waals surface area contributed by atoms with Crippen LogP contribution >= 0.6 is 0 Å². The van der Waals surface area contributed by atoms with Gasteiger partial charge in [-0.05, 0) is 52.6 Å². The molecule has 4 rings (SSSR count). The Morgan fingerprint density at radius 2 is 0.885 bits per heavy atom. The van der Waals surface area contributed by atoms with Crippen LogP contribution in [-0.2, 0) is 0 Å². The van der Waals surface area contributed by atoms with Crippen molar-refractivity contribution in [3.63, 3.8) is 0 Å². The molecule has 126 valence electrons. The summed E-state index contributed by atoms with van der Waals surface area (Å²) in [5.74, 6) is 0. The summed E-state index contributed by atoms with van der Waals surface area (Å²) >= 11 is 0. The Morgan fingerprint density at radius 3 is 1.50 bits per heavy atom. The lowest BCUT2D eigenvalue weighted by Gasteiger charge is -2.19. The molecule has 4 aromatic rings. The maximum absolute atomic E-state index is 2.26. The first-order valence-electron chi connectivity index (χ1n) is 8.86. The van der Waals surface area contributed by atoms with Crippen molar-refractivity contribution in [3.8, 4) is 22.3 Å². The van der Waals surface area contributed by atoms with Gasteiger partial charge >= 0.3 is 0 Å². The van der Waals surface area contributed by atoms with E-state index in [0.717, 1.165) is 0 Å². The van der Waals surface area contributed by atoms with Crippen molar-refractivity contribution in [2.75, 3.05) is 11.9 Å². The number of para-hydroxylation sites is 1. The minimum absolute atomic E-state index is 1.18. The van der Waals surface area contributed by atoms with E-state index in [-0.39, 0.29) is 0 Å². The van der Waals surface area contributed by atoms with Crippen LogP contribution in [0.2, 0.25) is 0 Å². The fourth-order valence-corrected chi connectivity index (χ4v) is 3.19. The molecule has 4 aromatic carbocycles. The summed E-state index contributed by atoms with van der Waals surface area (Å²) in [7, 11) is 2.10. The fraction of sp³-hybridized carbons (Fsp3) is 0.0400. The van der Waals surface area contributed by atoms with E-state index >= 15 is 0 Å². The largest absolute Gasteiger partial charge is 0.345 e. The third-order valence-corrected chi connectivity index (χ3v) is 4.70. The molecule has 1 nitrogen and oxygen atoms in total. The molecule has 0 amide bonds. The Morgan fingerprint density at radius 1 is 0.423 bits per heavy atom. The van der Waals surface area contributed by atoms with E-state index in [1.54, 1.807) is 0 Å². The zero-order chi connectivity index (χ0) is 17.8. The van der Waals surface area contributed by atoms with Gasteiger partial charge in [-0.15, -0.1) is 0 Å². The van der Waals surface area contributed by atoms with Gasteiger partial charge in [0.1, 0.15) is 0 Å². The smallest absolute Gasteiger partial charge is 0.0408 e. The molecule has 0 saturated carbocycles. The second-order valence-electron chi connectivity index (χ2n) is 6.39. The number of nitrogens with zero attached hydrogens (tertiary/aromatic N) is 1. The molecule has 0 radical (unpaired) electrons. The Labute approximate surface area is 155 Å². The molecular weight excluding hydrogens is 314 g/mol. The van der Waals surface area contributed by atoms with Gasteiger partial charge in [-0.25, -0.2) is 0 Å². The van der Waals surface area contributed by atoms with Crippen molar-refractivity contribution in [1.29, 1.82) is 0 Å². The van der Waals surface area contributed by atoms with Crippen LogP contribution in [0.25, 0.3) is 22.3 Å². The van der Waals surface area contributed by atoms with Crippen molar-refractivity contribution in [2.24, 2.45) is 0 Å². The minimum atomic E-state index is 1.18. The highest BCUT2D eigenvalue weighted by atomic mass is 15.1. The molecule has 0 unspecified atom stereocenters. The van der Waals surface area contributed by atoms with Crippen molar-refractivity contribution in [2.45, 2.75) is 0 Å². The third kappa shape index (κ3) is 3.38. The van der Waals surface area contributed by atoms with Gasteiger partial charge in [0.05, 0.1) is 0 Å². The predicted octanol–water partition coefficient (Wildman–Crippen LogP) is 6.79. The van der Waals surface area contributed by atoms with Gasteiger partial charge in [-0.3, -0.25) is 0 Å². The molecule has 0 aliphatic carbocycles. The van der Waals surface area contributed by atoms with Crippen LogP contribution in [0.4, 0.5) is 11.4 Å². The van der Waals surface area contributed by atoms with Crippen LogP contribution < -0.4 is 4.90 Å². The first kappa shape index (κ1) is 16.2. The van der Waals surface area contributed by atoms with E-state index in [1.165, 1.54) is 33.6 Å². The standard InChI is InChI=1S/C25H21N/c1-26(24-13-6-3-7-14-24)25-17-15-21(16-18-25)23-12-8-11-22(19-23)20-9-4-2-5-10-20/h2-19H,1H3. The minimum Gasteiger partial charge on any atom is -0.345 e. The normalized spacial score (nSPS) is 10.5. The average molecular weight is 335 g/mol. The number of rotatable bonds is 4. The number of hydrogen-bond acceptors (Lipinski definition) is 1. The SMILES string of the molecule is CN(c1ccccc1)c1ccc(-c2cccc(-c3ccccc3)c2)cc1. The zero-order valence-electron chi connectivity index (χ0n) is 14.8. The van der Waals surface area contributed by atoms with Gasteiger partial charge in [0, 0.05) is 18.4 Å². The number of anilines is 2. The van der Waals surface area contributed by atoms with Gasteiger partial charge in [0.15, 0.2) is 0 Å². The molecule has 0 atom stereocenters. The van der Waals surface area contributed by atoms with E-state index in [0.29, 0.717) is 0 Å². The molecule has 0 bridgehead atoms. The van der Waals surface area contributed by atoms with E-state index in [9.17, 15) is 0 Å². The monoisotopic (exact) mass is 335 g/mol. The summed E-state index contributed by atoms with van der Waals surface area (Å²) in [5.41, 5.74) is 7.32. The molecule has 0 N–H and O–H groups in total. The summed E-state index contributed by atoms with van der Waals surface area (Å²) in [5, 5.41) is 0. The fourth-order valence-electron chi connectivity index (χ4n) is 3.19. The van der Waals surface area contributed by atoms with Crippen LogP contribution in [0.1, 0.15) is 0 Å². The van der Waals surface area contributed by atoms with E-state index in [1.807, 2.05) is 6.07 Å². The van der Waals surface area contributed by atoms with Crippen LogP contribution in [0, 0.1) is 0 Å². The van der Waals surface area contributed by atoms with Gasteiger partial charge < -0.3 is 4.90 Å². The topological polar surface area (TPSA) is 3.24 Å². The lowest BCUT2D eigenvalue weighted by Crippen LogP contribution is -2.08. The van der Waals surface area contributed by atoms with E-state index in [2.05, 4.69) is 115 Å². The van der Waals surface area contributed by atoms with Crippen LogP contribution in [0.5, 0.6) is 0 Å². The van der Waals surface area contributed by atoms with Crippen molar-refractivity contribution in [1.82, 2.24) is 0 Å². The van der Waals surface area contributed by atoms with Crippen LogP contribution in [0.3, 0.4) is 0 Å². The highest BCUT2D eigenvalue weighted by Gasteiger charge is 2.05. The highest BCUT2D eigenvalue weighted by molar-refractivity contribution is 5.74. The van der Waals surface area contributed by atoms with Crippen LogP contribution in [-0.4, -0.2) is 7.05 Å². The number of hydrogen-bond donors (Lipinski definition) is 0. The summed E-state index contributed by atoms with van der Waals surface area (Å²) in [4.78, 5) is 2.20. The second kappa shape index (κ2) is 7.28. The molecule has 26 heavy (non-hydrogen) atoms. The van der Waals surface area contributed by atoms with Gasteiger partial charge in [-0.1, -0.05) is 78.9 Å². The quantitative estimate of drug-likeness (QED) is 0.397. The predicted molar refractivity (Wildman–Crippen MR) is 112 cm³/mol. The summed E-state index contributed by atoms with van der Waals surface area (Å²) < 4.78 is 0. The van der Waals surface area contributed by atoms with Crippen molar-refractivity contribution < 1.29 is 0 Å². The molecule has 0 fully saturated rings. The molecular formula is C25H21N. The lowest BCUT2D eigenvalue weighted by molar-refractivity contribution is 1.21. The maximum Gasteiger partial charge on any atom is 0.0408 e. The van der Waals surface area contributed by atoms with Crippen LogP contribution in [0.15, 0.2) is 109 Å². The zero-order valence-corrected chi connectivity index (χ0v) is 14.8. The molecule has 0 aromatic heterocycles. The molecule has 0 spiro atoms.